The first-order chi connectivity index (χ1) is 8.20. The Balaban J connectivity index is 2.67. The summed E-state index contributed by atoms with van der Waals surface area (Å²) in [5.41, 5.74) is 2.88. The number of anilines is 1. The molecule has 94 valence electrons. The number of pyridine rings is 1. The number of methoxy groups -OCH3 is 1. The summed E-state index contributed by atoms with van der Waals surface area (Å²) in [5, 5.41) is 0. The number of nitrogens with one attached hydrogen (secondary N) is 1. The molecule has 0 bridgehead atoms. The summed E-state index contributed by atoms with van der Waals surface area (Å²) in [6.45, 7) is 1.26. The van der Waals surface area contributed by atoms with Gasteiger partial charge >= 0.3 is 0 Å². The zero-order chi connectivity index (χ0) is 12.7. The van der Waals surface area contributed by atoms with E-state index in [-0.39, 0.29) is 5.91 Å². The van der Waals surface area contributed by atoms with Crippen LogP contribution in [0.5, 0.6) is 0 Å². The van der Waals surface area contributed by atoms with Gasteiger partial charge in [0, 0.05) is 33.5 Å². The molecule has 0 radical (unpaired) electrons. The second-order valence-electron chi connectivity index (χ2n) is 3.62. The van der Waals surface area contributed by atoms with Gasteiger partial charge < -0.3 is 15.1 Å². The highest BCUT2D eigenvalue weighted by molar-refractivity contribution is 5.98. The van der Waals surface area contributed by atoms with Crippen LogP contribution in [0.1, 0.15) is 16.8 Å². The van der Waals surface area contributed by atoms with Crippen molar-refractivity contribution in [1.82, 2.24) is 9.88 Å². The third-order valence-corrected chi connectivity index (χ3v) is 2.36. The lowest BCUT2D eigenvalue weighted by molar-refractivity contribution is 0.0780. The van der Waals surface area contributed by atoms with Crippen molar-refractivity contribution in [3.05, 3.63) is 23.9 Å². The summed E-state index contributed by atoms with van der Waals surface area (Å²) in [6.07, 6.45) is 2.38. The molecular formula is C11H18N4O2. The largest absolute Gasteiger partial charge is 0.385 e. The lowest BCUT2D eigenvalue weighted by Gasteiger charge is -2.18. The van der Waals surface area contributed by atoms with Crippen molar-refractivity contribution < 1.29 is 9.53 Å². The Hall–Kier alpha value is -1.66. The van der Waals surface area contributed by atoms with Crippen LogP contribution < -0.4 is 11.3 Å². The standard InChI is InChI=1S/C11H18N4O2/c1-15(7-4-8-17-2)11(16)9-5-3-6-13-10(9)14-12/h3,5-6H,4,7-8,12H2,1-2H3,(H,13,14). The monoisotopic (exact) mass is 238 g/mol. The number of nitrogens with zero attached hydrogens (tertiary/aromatic N) is 2. The number of amides is 1. The van der Waals surface area contributed by atoms with Gasteiger partial charge in [0.15, 0.2) is 5.82 Å². The van der Waals surface area contributed by atoms with E-state index >= 15 is 0 Å². The van der Waals surface area contributed by atoms with E-state index in [2.05, 4.69) is 10.4 Å². The topological polar surface area (TPSA) is 80.5 Å². The highest BCUT2D eigenvalue weighted by Crippen LogP contribution is 2.12. The average molecular weight is 238 g/mol. The molecule has 1 aromatic heterocycles. The Morgan fingerprint density at radius 2 is 2.41 bits per heavy atom. The van der Waals surface area contributed by atoms with Gasteiger partial charge in [0.05, 0.1) is 5.56 Å². The summed E-state index contributed by atoms with van der Waals surface area (Å²) < 4.78 is 4.94. The number of hydrazine groups is 1. The van der Waals surface area contributed by atoms with Crippen molar-refractivity contribution in [3.63, 3.8) is 0 Å². The number of ether oxygens (including phenoxy) is 1. The van der Waals surface area contributed by atoms with Crippen LogP contribution in [0.3, 0.4) is 0 Å². The maximum absolute atomic E-state index is 12.1. The first-order valence-corrected chi connectivity index (χ1v) is 5.36. The second-order valence-corrected chi connectivity index (χ2v) is 3.62. The van der Waals surface area contributed by atoms with Crippen LogP contribution in [-0.2, 0) is 4.74 Å². The number of hydrogen-bond donors (Lipinski definition) is 2. The molecule has 0 saturated heterocycles. The van der Waals surface area contributed by atoms with Crippen molar-refractivity contribution >= 4 is 11.7 Å². The molecule has 6 heteroatoms. The number of nitrogen functional groups attached to an aromatic ring is 1. The van der Waals surface area contributed by atoms with Crippen molar-refractivity contribution in [3.8, 4) is 0 Å². The molecule has 0 aliphatic heterocycles. The van der Waals surface area contributed by atoms with Gasteiger partial charge in [-0.15, -0.1) is 0 Å². The number of hydrogen-bond acceptors (Lipinski definition) is 5. The average Bonchev–Trinajstić information content (AvgIpc) is 2.38. The summed E-state index contributed by atoms with van der Waals surface area (Å²) in [7, 11) is 3.38. The van der Waals surface area contributed by atoms with Gasteiger partial charge in [-0.05, 0) is 18.6 Å². The van der Waals surface area contributed by atoms with E-state index in [1.54, 1.807) is 37.4 Å². The number of nitrogens with two attached hydrogens (primary N) is 1. The van der Waals surface area contributed by atoms with E-state index in [9.17, 15) is 4.79 Å². The molecule has 0 aromatic carbocycles. The van der Waals surface area contributed by atoms with Crippen LogP contribution in [0.4, 0.5) is 5.82 Å². The molecular weight excluding hydrogens is 220 g/mol. The highest BCUT2D eigenvalue weighted by atomic mass is 16.5. The van der Waals surface area contributed by atoms with Gasteiger partial charge in [-0.1, -0.05) is 0 Å². The van der Waals surface area contributed by atoms with Crippen LogP contribution in [0, 0.1) is 0 Å². The Labute approximate surface area is 101 Å². The van der Waals surface area contributed by atoms with Crippen molar-refractivity contribution in [2.45, 2.75) is 6.42 Å². The molecule has 0 atom stereocenters. The fourth-order valence-corrected chi connectivity index (χ4v) is 1.45. The first-order valence-electron chi connectivity index (χ1n) is 5.36. The van der Waals surface area contributed by atoms with Gasteiger partial charge in [0.2, 0.25) is 0 Å². The van der Waals surface area contributed by atoms with Crippen LogP contribution >= 0.6 is 0 Å². The van der Waals surface area contributed by atoms with Gasteiger partial charge in [-0.25, -0.2) is 10.8 Å². The normalized spacial score (nSPS) is 10.1. The van der Waals surface area contributed by atoms with Crippen molar-refractivity contribution in [2.24, 2.45) is 5.84 Å². The van der Waals surface area contributed by atoms with E-state index in [1.807, 2.05) is 0 Å². The van der Waals surface area contributed by atoms with E-state index in [1.165, 1.54) is 0 Å². The molecule has 0 fully saturated rings. The molecule has 1 amide bonds. The second kappa shape index (κ2) is 6.82. The summed E-state index contributed by atoms with van der Waals surface area (Å²) in [5.74, 6) is 5.58. The highest BCUT2D eigenvalue weighted by Gasteiger charge is 2.15. The Bertz CT molecular complexity index is 370. The molecule has 1 heterocycles. The first kappa shape index (κ1) is 13.4. The Morgan fingerprint density at radius 3 is 3.06 bits per heavy atom. The van der Waals surface area contributed by atoms with E-state index < -0.39 is 0 Å². The van der Waals surface area contributed by atoms with Gasteiger partial charge in [0.25, 0.3) is 5.91 Å². The van der Waals surface area contributed by atoms with Gasteiger partial charge in [-0.3, -0.25) is 4.79 Å². The Morgan fingerprint density at radius 1 is 1.65 bits per heavy atom. The van der Waals surface area contributed by atoms with Crippen LogP contribution in [0.2, 0.25) is 0 Å². The molecule has 0 aliphatic rings. The third kappa shape index (κ3) is 3.69. The van der Waals surface area contributed by atoms with Gasteiger partial charge in [-0.2, -0.15) is 0 Å². The molecule has 0 spiro atoms. The minimum Gasteiger partial charge on any atom is -0.385 e. The molecule has 0 saturated carbocycles. The molecule has 0 aliphatic carbocycles. The van der Waals surface area contributed by atoms with E-state index in [4.69, 9.17) is 10.6 Å². The zero-order valence-electron chi connectivity index (χ0n) is 10.1. The summed E-state index contributed by atoms with van der Waals surface area (Å²) >= 11 is 0. The lowest BCUT2D eigenvalue weighted by atomic mass is 10.2. The molecule has 17 heavy (non-hydrogen) atoms. The fourth-order valence-electron chi connectivity index (χ4n) is 1.45. The number of carbonyl (C=O) groups excluding carboxylic acids is 1. The lowest BCUT2D eigenvalue weighted by Crippen LogP contribution is -2.29. The smallest absolute Gasteiger partial charge is 0.257 e. The fraction of sp³-hybridized carbons (Fsp3) is 0.455. The third-order valence-electron chi connectivity index (χ3n) is 2.36. The predicted molar refractivity (Wildman–Crippen MR) is 65.5 cm³/mol. The van der Waals surface area contributed by atoms with Crippen LogP contribution in [0.15, 0.2) is 18.3 Å². The number of carbonyl (C=O) groups is 1. The summed E-state index contributed by atoms with van der Waals surface area (Å²) in [4.78, 5) is 17.7. The Kier molecular flexibility index (Phi) is 5.38. The molecule has 6 nitrogen and oxygen atoms in total. The number of rotatable bonds is 6. The molecule has 0 unspecified atom stereocenters. The zero-order valence-corrected chi connectivity index (χ0v) is 10.1. The number of aromatic nitrogens is 1. The minimum absolute atomic E-state index is 0.109. The molecule has 3 N–H and O–H groups in total. The quantitative estimate of drug-likeness (QED) is 0.428. The van der Waals surface area contributed by atoms with E-state index in [0.717, 1.165) is 6.42 Å². The van der Waals surface area contributed by atoms with Gasteiger partial charge in [0.1, 0.15) is 0 Å². The minimum atomic E-state index is -0.109. The van der Waals surface area contributed by atoms with Crippen LogP contribution in [0.25, 0.3) is 0 Å². The summed E-state index contributed by atoms with van der Waals surface area (Å²) in [6, 6.07) is 3.40. The van der Waals surface area contributed by atoms with Crippen molar-refractivity contribution in [1.29, 1.82) is 0 Å². The maximum atomic E-state index is 12.1. The SMILES string of the molecule is COCCCN(C)C(=O)c1cccnc1NN. The molecule has 1 rings (SSSR count). The van der Waals surface area contributed by atoms with Crippen molar-refractivity contribution in [2.75, 3.05) is 32.7 Å². The van der Waals surface area contributed by atoms with E-state index in [0.29, 0.717) is 24.5 Å². The van der Waals surface area contributed by atoms with Crippen LogP contribution in [-0.4, -0.2) is 43.1 Å². The molecule has 1 aromatic rings. The predicted octanol–water partition coefficient (Wildman–Crippen LogP) is 0.476. The maximum Gasteiger partial charge on any atom is 0.257 e.